The van der Waals surface area contributed by atoms with Crippen LogP contribution in [0.15, 0.2) is 41.8 Å². The van der Waals surface area contributed by atoms with Crippen LogP contribution in [-0.4, -0.2) is 31.2 Å². The molecule has 120 valence electrons. The summed E-state index contributed by atoms with van der Waals surface area (Å²) in [5, 5.41) is 5.63. The molecule has 2 amide bonds. The van der Waals surface area contributed by atoms with Gasteiger partial charge in [0.05, 0.1) is 19.5 Å². The van der Waals surface area contributed by atoms with E-state index in [0.29, 0.717) is 19.5 Å². The van der Waals surface area contributed by atoms with Gasteiger partial charge >= 0.3 is 6.09 Å². The number of anilines is 1. The number of rotatable bonds is 5. The van der Waals surface area contributed by atoms with E-state index in [0.717, 1.165) is 16.1 Å². The predicted octanol–water partition coefficient (Wildman–Crippen LogP) is 2.74. The average Bonchev–Trinajstić information content (AvgIpc) is 3.17. The Morgan fingerprint density at radius 1 is 1.35 bits per heavy atom. The molecular weight excluding hydrogens is 312 g/mol. The van der Waals surface area contributed by atoms with Gasteiger partial charge in [-0.2, -0.15) is 0 Å². The van der Waals surface area contributed by atoms with Crippen molar-refractivity contribution in [1.29, 1.82) is 0 Å². The highest BCUT2D eigenvalue weighted by Gasteiger charge is 2.32. The maximum absolute atomic E-state index is 12.0. The van der Waals surface area contributed by atoms with Gasteiger partial charge in [-0.15, -0.1) is 11.3 Å². The zero-order chi connectivity index (χ0) is 16.2. The maximum atomic E-state index is 12.0. The van der Waals surface area contributed by atoms with Crippen LogP contribution in [0.3, 0.4) is 0 Å². The van der Waals surface area contributed by atoms with Crippen LogP contribution in [0.5, 0.6) is 0 Å². The van der Waals surface area contributed by atoms with Gasteiger partial charge in [-0.3, -0.25) is 9.69 Å². The molecule has 5 nitrogen and oxygen atoms in total. The summed E-state index contributed by atoms with van der Waals surface area (Å²) in [5.41, 5.74) is 2.10. The lowest BCUT2D eigenvalue weighted by atomic mass is 10.1. The van der Waals surface area contributed by atoms with Gasteiger partial charge in [0.2, 0.25) is 5.91 Å². The molecule has 23 heavy (non-hydrogen) atoms. The lowest BCUT2D eigenvalue weighted by molar-refractivity contribution is -0.120. The van der Waals surface area contributed by atoms with Crippen molar-refractivity contribution in [2.45, 2.75) is 19.4 Å². The monoisotopic (exact) mass is 330 g/mol. The molecule has 1 aliphatic heterocycles. The third kappa shape index (κ3) is 3.71. The highest BCUT2D eigenvalue weighted by molar-refractivity contribution is 7.14. The van der Waals surface area contributed by atoms with Crippen LogP contribution < -0.4 is 10.2 Å². The molecule has 0 aliphatic carbocycles. The van der Waals surface area contributed by atoms with Crippen molar-refractivity contribution in [2.24, 2.45) is 0 Å². The molecule has 1 aromatic heterocycles. The van der Waals surface area contributed by atoms with Crippen molar-refractivity contribution < 1.29 is 14.3 Å². The number of carbonyl (C=O) groups excluding carboxylic acids is 2. The molecular formula is C17H18N2O3S. The summed E-state index contributed by atoms with van der Waals surface area (Å²) in [7, 11) is 0. The Labute approximate surface area is 138 Å². The fourth-order valence-electron chi connectivity index (χ4n) is 2.50. The third-order valence-corrected chi connectivity index (χ3v) is 4.68. The number of thiophene rings is 1. The molecule has 1 aromatic carbocycles. The summed E-state index contributed by atoms with van der Waals surface area (Å²) < 4.78 is 5.30. The van der Waals surface area contributed by atoms with E-state index < -0.39 is 0 Å². The van der Waals surface area contributed by atoms with E-state index in [-0.39, 0.29) is 18.1 Å². The first-order valence-corrected chi connectivity index (χ1v) is 8.34. The summed E-state index contributed by atoms with van der Waals surface area (Å²) in [6.07, 6.45) is -0.335. The van der Waals surface area contributed by atoms with Gasteiger partial charge in [-0.25, -0.2) is 4.79 Å². The van der Waals surface area contributed by atoms with Crippen LogP contribution in [0.4, 0.5) is 9.80 Å². The minimum atomic E-state index is -0.356. The first-order chi connectivity index (χ1) is 11.1. The Balaban J connectivity index is 1.50. The molecule has 0 bridgehead atoms. The topological polar surface area (TPSA) is 58.6 Å². The van der Waals surface area contributed by atoms with E-state index in [4.69, 9.17) is 4.74 Å². The summed E-state index contributed by atoms with van der Waals surface area (Å²) >= 11 is 1.49. The van der Waals surface area contributed by atoms with Gasteiger partial charge < -0.3 is 10.1 Å². The largest absolute Gasteiger partial charge is 0.442 e. The number of cyclic esters (lactones) is 1. The van der Waals surface area contributed by atoms with Crippen LogP contribution in [-0.2, 0) is 16.0 Å². The van der Waals surface area contributed by atoms with Gasteiger partial charge in [0.1, 0.15) is 11.1 Å². The number of amides is 2. The lowest BCUT2D eigenvalue weighted by Gasteiger charge is -2.11. The fourth-order valence-corrected chi connectivity index (χ4v) is 3.23. The van der Waals surface area contributed by atoms with E-state index in [1.807, 2.05) is 48.7 Å². The zero-order valence-electron chi connectivity index (χ0n) is 12.8. The highest BCUT2D eigenvalue weighted by atomic mass is 32.1. The lowest BCUT2D eigenvalue weighted by Crippen LogP contribution is -2.35. The molecule has 1 unspecified atom stereocenters. The van der Waals surface area contributed by atoms with E-state index in [1.54, 1.807) is 4.90 Å². The second kappa shape index (κ2) is 6.83. The first kappa shape index (κ1) is 15.6. The smallest absolute Gasteiger partial charge is 0.415 e. The number of hydrogen-bond acceptors (Lipinski definition) is 4. The van der Waals surface area contributed by atoms with Crippen LogP contribution in [0.2, 0.25) is 0 Å². The molecule has 2 aromatic rings. The Hall–Kier alpha value is -2.34. The second-order valence-electron chi connectivity index (χ2n) is 5.47. The number of nitrogens with zero attached hydrogens (tertiary/aromatic N) is 1. The minimum absolute atomic E-state index is 0.0649. The number of carbonyl (C=O) groups is 2. The number of hydrogen-bond donors (Lipinski definition) is 1. The van der Waals surface area contributed by atoms with Gasteiger partial charge in [-0.05, 0) is 35.6 Å². The number of nitrogens with one attached hydrogen (secondary N) is 1. The molecule has 3 rings (SSSR count). The summed E-state index contributed by atoms with van der Waals surface area (Å²) in [4.78, 5) is 25.5. The maximum Gasteiger partial charge on any atom is 0.415 e. The third-order valence-electron chi connectivity index (χ3n) is 3.79. The van der Waals surface area contributed by atoms with Crippen molar-refractivity contribution >= 4 is 28.3 Å². The van der Waals surface area contributed by atoms with E-state index in [1.165, 1.54) is 11.3 Å². The molecule has 1 aliphatic rings. The van der Waals surface area contributed by atoms with Crippen LogP contribution in [0.25, 0.3) is 0 Å². The van der Waals surface area contributed by atoms with E-state index in [2.05, 4.69) is 5.32 Å². The Bertz CT molecular complexity index is 700. The van der Waals surface area contributed by atoms with Crippen LogP contribution in [0, 0.1) is 6.92 Å². The number of ether oxygens (including phenoxy) is 1. The van der Waals surface area contributed by atoms with Gasteiger partial charge in [0.25, 0.3) is 0 Å². The van der Waals surface area contributed by atoms with Crippen LogP contribution >= 0.6 is 11.3 Å². The number of aryl methyl sites for hydroxylation is 1. The molecule has 1 atom stereocenters. The highest BCUT2D eigenvalue weighted by Crippen LogP contribution is 2.26. The van der Waals surface area contributed by atoms with E-state index in [9.17, 15) is 9.59 Å². The molecule has 0 saturated carbocycles. The molecule has 2 heterocycles. The van der Waals surface area contributed by atoms with Crippen molar-refractivity contribution in [3.05, 3.63) is 52.9 Å². The van der Waals surface area contributed by atoms with Gasteiger partial charge in [-0.1, -0.05) is 24.3 Å². The Morgan fingerprint density at radius 3 is 2.91 bits per heavy atom. The SMILES string of the molecule is Cc1ccccc1CC(=O)NCC1CN(c2cccs2)C(=O)O1. The quantitative estimate of drug-likeness (QED) is 0.917. The Morgan fingerprint density at radius 2 is 2.17 bits per heavy atom. The zero-order valence-corrected chi connectivity index (χ0v) is 13.6. The molecule has 6 heteroatoms. The molecule has 1 N–H and O–H groups in total. The van der Waals surface area contributed by atoms with Crippen molar-refractivity contribution in [3.8, 4) is 0 Å². The van der Waals surface area contributed by atoms with Crippen molar-refractivity contribution in [2.75, 3.05) is 18.0 Å². The summed E-state index contributed by atoms with van der Waals surface area (Å²) in [6.45, 7) is 2.78. The van der Waals surface area contributed by atoms with Crippen molar-refractivity contribution in [1.82, 2.24) is 5.32 Å². The Kier molecular flexibility index (Phi) is 4.62. The van der Waals surface area contributed by atoms with Gasteiger partial charge in [0.15, 0.2) is 0 Å². The predicted molar refractivity (Wildman–Crippen MR) is 89.8 cm³/mol. The molecule has 0 spiro atoms. The average molecular weight is 330 g/mol. The fraction of sp³-hybridized carbons (Fsp3) is 0.294. The van der Waals surface area contributed by atoms with E-state index >= 15 is 0 Å². The molecule has 0 radical (unpaired) electrons. The minimum Gasteiger partial charge on any atom is -0.442 e. The van der Waals surface area contributed by atoms with Crippen molar-refractivity contribution in [3.63, 3.8) is 0 Å². The van der Waals surface area contributed by atoms with Gasteiger partial charge in [0, 0.05) is 0 Å². The number of benzene rings is 1. The standard InChI is InChI=1S/C17H18N2O3S/c1-12-5-2-3-6-13(12)9-15(20)18-10-14-11-19(17(21)22-14)16-7-4-8-23-16/h2-8,14H,9-11H2,1H3,(H,18,20). The normalized spacial score (nSPS) is 17.2. The molecule has 1 saturated heterocycles. The summed E-state index contributed by atoms with van der Waals surface area (Å²) in [5.74, 6) is -0.0649. The second-order valence-corrected chi connectivity index (χ2v) is 6.40. The summed E-state index contributed by atoms with van der Waals surface area (Å²) in [6, 6.07) is 11.6. The van der Waals surface area contributed by atoms with Crippen LogP contribution in [0.1, 0.15) is 11.1 Å². The first-order valence-electron chi connectivity index (χ1n) is 7.46. The molecule has 1 fully saturated rings.